The fraction of sp³-hybridized carbons (Fsp3) is 0.182. The quantitative estimate of drug-likeness (QED) is 0.346. The number of hydrogen-bond acceptors (Lipinski definition) is 7. The molecule has 9 heteroatoms. The molecule has 0 spiro atoms. The maximum atomic E-state index is 11.0. The third-order valence-corrected chi connectivity index (χ3v) is 4.90. The van der Waals surface area contributed by atoms with Crippen LogP contribution in [-0.2, 0) is 0 Å². The molecule has 0 radical (unpaired) electrons. The van der Waals surface area contributed by atoms with Crippen molar-refractivity contribution in [1.29, 1.82) is 0 Å². The van der Waals surface area contributed by atoms with Gasteiger partial charge in [0.15, 0.2) is 0 Å². The number of benzene rings is 2. The third-order valence-electron chi connectivity index (χ3n) is 4.90. The average Bonchev–Trinajstić information content (AvgIpc) is 3.13. The number of nitrogens with two attached hydrogens (primary N) is 1. The van der Waals surface area contributed by atoms with Gasteiger partial charge >= 0.3 is 5.69 Å². The number of hydrogen-bond donors (Lipinski definition) is 1. The van der Waals surface area contributed by atoms with E-state index in [1.165, 1.54) is 25.3 Å². The molecule has 31 heavy (non-hydrogen) atoms. The molecule has 2 heterocycles. The van der Waals surface area contributed by atoms with E-state index in [4.69, 9.17) is 15.2 Å². The lowest BCUT2D eigenvalue weighted by Gasteiger charge is -2.09. The van der Waals surface area contributed by atoms with Gasteiger partial charge in [-0.3, -0.25) is 10.1 Å². The van der Waals surface area contributed by atoms with Crippen LogP contribution in [0.5, 0.6) is 17.2 Å². The van der Waals surface area contributed by atoms with Crippen LogP contribution >= 0.6 is 0 Å². The van der Waals surface area contributed by atoms with Crippen molar-refractivity contribution in [2.75, 3.05) is 12.8 Å². The van der Waals surface area contributed by atoms with Crippen LogP contribution in [-0.4, -0.2) is 26.6 Å². The fourth-order valence-corrected chi connectivity index (χ4v) is 3.38. The van der Waals surface area contributed by atoms with Gasteiger partial charge in [-0.1, -0.05) is 12.1 Å². The van der Waals surface area contributed by atoms with Crippen LogP contribution in [0.3, 0.4) is 0 Å². The summed E-state index contributed by atoms with van der Waals surface area (Å²) in [6.45, 7) is 4.16. The zero-order chi connectivity index (χ0) is 22.1. The Hall–Kier alpha value is -4.14. The molecule has 0 fully saturated rings. The molecule has 2 aromatic carbocycles. The fourth-order valence-electron chi connectivity index (χ4n) is 3.38. The van der Waals surface area contributed by atoms with E-state index in [9.17, 15) is 10.1 Å². The zero-order valence-electron chi connectivity index (χ0n) is 17.3. The van der Waals surface area contributed by atoms with Gasteiger partial charge in [-0.2, -0.15) is 4.98 Å². The number of nitro groups is 1. The number of fused-ring (bicyclic) bond motifs is 1. The van der Waals surface area contributed by atoms with Crippen LogP contribution < -0.4 is 15.2 Å². The largest absolute Gasteiger partial charge is 0.490 e. The van der Waals surface area contributed by atoms with E-state index in [0.29, 0.717) is 11.5 Å². The smallest absolute Gasteiger partial charge is 0.311 e. The van der Waals surface area contributed by atoms with E-state index in [1.54, 1.807) is 6.20 Å². The van der Waals surface area contributed by atoms with Crippen molar-refractivity contribution in [2.45, 2.75) is 19.9 Å². The molecule has 0 aliphatic heterocycles. The second-order valence-corrected chi connectivity index (χ2v) is 7.23. The predicted octanol–water partition coefficient (Wildman–Crippen LogP) is 4.97. The number of nitro benzene ring substituents is 1. The minimum absolute atomic E-state index is 0.116. The lowest BCUT2D eigenvalue weighted by Crippen LogP contribution is -2.02. The molecule has 0 saturated heterocycles. The van der Waals surface area contributed by atoms with Crippen LogP contribution in [0.4, 0.5) is 11.6 Å². The Morgan fingerprint density at radius 3 is 2.48 bits per heavy atom. The van der Waals surface area contributed by atoms with Crippen molar-refractivity contribution >= 4 is 22.7 Å². The molecular formula is C22H21N5O4. The first kappa shape index (κ1) is 20.1. The first-order valence-corrected chi connectivity index (χ1v) is 9.61. The number of nitrogen functional groups attached to an aromatic ring is 1. The normalized spacial score (nSPS) is 11.1. The summed E-state index contributed by atoms with van der Waals surface area (Å²) in [6, 6.07) is 12.1. The first-order valence-electron chi connectivity index (χ1n) is 9.61. The molecule has 2 N–H and O–H groups in total. The standard InChI is InChI=1S/C22H21N5O4/c1-13(2)26-12-18(17-11-24-22(23)25-21(17)26)14-4-6-15(7-5-14)31-16-8-9-19(27(28)29)20(10-16)30-3/h4-13H,1-3H3,(H2,23,24,25). The highest BCUT2D eigenvalue weighted by molar-refractivity contribution is 5.94. The van der Waals surface area contributed by atoms with Gasteiger partial charge < -0.3 is 19.8 Å². The van der Waals surface area contributed by atoms with Crippen LogP contribution in [0.1, 0.15) is 19.9 Å². The molecule has 0 saturated carbocycles. The number of aromatic nitrogens is 3. The lowest BCUT2D eigenvalue weighted by molar-refractivity contribution is -0.385. The summed E-state index contributed by atoms with van der Waals surface area (Å²) in [4.78, 5) is 19.1. The molecule has 0 amide bonds. The maximum Gasteiger partial charge on any atom is 0.311 e. The van der Waals surface area contributed by atoms with Crippen molar-refractivity contribution in [1.82, 2.24) is 14.5 Å². The Balaban J connectivity index is 1.64. The Morgan fingerprint density at radius 1 is 1.13 bits per heavy atom. The van der Waals surface area contributed by atoms with Crippen molar-refractivity contribution in [3.63, 3.8) is 0 Å². The average molecular weight is 419 g/mol. The molecule has 4 rings (SSSR count). The summed E-state index contributed by atoms with van der Waals surface area (Å²) in [6.07, 6.45) is 3.78. The molecule has 0 aliphatic carbocycles. The topological polar surface area (TPSA) is 118 Å². The molecule has 2 aromatic heterocycles. The molecule has 0 bridgehead atoms. The highest BCUT2D eigenvalue weighted by Gasteiger charge is 2.16. The van der Waals surface area contributed by atoms with Gasteiger partial charge in [-0.05, 0) is 37.6 Å². The summed E-state index contributed by atoms with van der Waals surface area (Å²) in [5.74, 6) is 1.41. The number of rotatable bonds is 6. The summed E-state index contributed by atoms with van der Waals surface area (Å²) in [5.41, 5.74) is 8.42. The van der Waals surface area contributed by atoms with E-state index < -0.39 is 4.92 Å². The maximum absolute atomic E-state index is 11.0. The highest BCUT2D eigenvalue weighted by Crippen LogP contribution is 2.35. The van der Waals surface area contributed by atoms with Gasteiger partial charge in [-0.15, -0.1) is 0 Å². The van der Waals surface area contributed by atoms with Gasteiger partial charge in [0.1, 0.15) is 17.1 Å². The van der Waals surface area contributed by atoms with Crippen molar-refractivity contribution in [3.05, 3.63) is 65.0 Å². The summed E-state index contributed by atoms with van der Waals surface area (Å²) in [7, 11) is 1.38. The van der Waals surface area contributed by atoms with Gasteiger partial charge in [-0.25, -0.2) is 4.98 Å². The molecule has 158 valence electrons. The first-order chi connectivity index (χ1) is 14.9. The Kier molecular flexibility index (Phi) is 5.16. The van der Waals surface area contributed by atoms with Gasteiger partial charge in [0.05, 0.1) is 12.0 Å². The van der Waals surface area contributed by atoms with E-state index in [1.807, 2.05) is 30.5 Å². The van der Waals surface area contributed by atoms with Gasteiger partial charge in [0, 0.05) is 41.5 Å². The van der Waals surface area contributed by atoms with Crippen LogP contribution in [0, 0.1) is 10.1 Å². The Bertz CT molecular complexity index is 1270. The van der Waals surface area contributed by atoms with Crippen LogP contribution in [0.2, 0.25) is 0 Å². The number of methoxy groups -OCH3 is 1. The van der Waals surface area contributed by atoms with E-state index in [2.05, 4.69) is 28.4 Å². The van der Waals surface area contributed by atoms with E-state index in [0.717, 1.165) is 22.2 Å². The highest BCUT2D eigenvalue weighted by atomic mass is 16.6. The molecular weight excluding hydrogens is 398 g/mol. The minimum Gasteiger partial charge on any atom is -0.490 e. The molecule has 9 nitrogen and oxygen atoms in total. The second kappa shape index (κ2) is 7.94. The van der Waals surface area contributed by atoms with Gasteiger partial charge in [0.2, 0.25) is 11.7 Å². The monoisotopic (exact) mass is 419 g/mol. The summed E-state index contributed by atoms with van der Waals surface area (Å²) in [5, 5.41) is 12.0. The Labute approximate surface area is 178 Å². The number of ether oxygens (including phenoxy) is 2. The summed E-state index contributed by atoms with van der Waals surface area (Å²) >= 11 is 0. The molecule has 0 atom stereocenters. The van der Waals surface area contributed by atoms with Crippen molar-refractivity contribution < 1.29 is 14.4 Å². The SMILES string of the molecule is COc1cc(Oc2ccc(-c3cn(C(C)C)c4nc(N)ncc34)cc2)ccc1[N+](=O)[O-]. The van der Waals surface area contributed by atoms with E-state index in [-0.39, 0.29) is 23.4 Å². The van der Waals surface area contributed by atoms with Crippen LogP contribution in [0.25, 0.3) is 22.2 Å². The molecule has 0 aliphatic rings. The number of anilines is 1. The van der Waals surface area contributed by atoms with Crippen LogP contribution in [0.15, 0.2) is 54.9 Å². The van der Waals surface area contributed by atoms with E-state index >= 15 is 0 Å². The molecule has 0 unspecified atom stereocenters. The lowest BCUT2D eigenvalue weighted by atomic mass is 10.1. The predicted molar refractivity (Wildman–Crippen MR) is 117 cm³/mol. The Morgan fingerprint density at radius 2 is 1.84 bits per heavy atom. The van der Waals surface area contributed by atoms with Crippen molar-refractivity contribution in [3.8, 4) is 28.4 Å². The van der Waals surface area contributed by atoms with Crippen molar-refractivity contribution in [2.24, 2.45) is 0 Å². The zero-order valence-corrected chi connectivity index (χ0v) is 17.3. The second-order valence-electron chi connectivity index (χ2n) is 7.23. The summed E-state index contributed by atoms with van der Waals surface area (Å²) < 4.78 is 13.0. The molecule has 4 aromatic rings. The minimum atomic E-state index is -0.498. The number of nitrogens with zero attached hydrogens (tertiary/aromatic N) is 4. The third kappa shape index (κ3) is 3.85. The van der Waals surface area contributed by atoms with Gasteiger partial charge in [0.25, 0.3) is 0 Å².